The lowest BCUT2D eigenvalue weighted by molar-refractivity contribution is 1.46. The summed E-state index contributed by atoms with van der Waals surface area (Å²) in [5.41, 5.74) is 7.56. The van der Waals surface area contributed by atoms with Gasteiger partial charge < -0.3 is 0 Å². The van der Waals surface area contributed by atoms with E-state index in [0.717, 1.165) is 0 Å². The number of thiophene rings is 4. The molecular weight excluding hydrogens is 561 g/mol. The van der Waals surface area contributed by atoms with Crippen molar-refractivity contribution in [2.75, 3.05) is 0 Å². The molecule has 40 heavy (non-hydrogen) atoms. The molecule has 0 saturated heterocycles. The van der Waals surface area contributed by atoms with Gasteiger partial charge >= 0.3 is 0 Å². The molecule has 0 nitrogen and oxygen atoms in total. The molecule has 0 aliphatic carbocycles. The third kappa shape index (κ3) is 4.15. The molecule has 4 aromatic heterocycles. The highest BCUT2D eigenvalue weighted by Crippen LogP contribution is 2.53. The molecule has 4 heteroatoms. The highest BCUT2D eigenvalue weighted by Gasteiger charge is 2.19. The van der Waals surface area contributed by atoms with Crippen LogP contribution in [-0.4, -0.2) is 0 Å². The Bertz CT molecular complexity index is 2100. The van der Waals surface area contributed by atoms with Gasteiger partial charge in [0.15, 0.2) is 0 Å². The normalized spacial score (nSPS) is 12.6. The molecule has 4 aromatic carbocycles. The third-order valence-corrected chi connectivity index (χ3v) is 12.9. The number of hydrogen-bond donors (Lipinski definition) is 0. The van der Waals surface area contributed by atoms with Crippen LogP contribution in [0.4, 0.5) is 0 Å². The van der Waals surface area contributed by atoms with Gasteiger partial charge in [-0.3, -0.25) is 0 Å². The van der Waals surface area contributed by atoms with Gasteiger partial charge in [0.1, 0.15) is 0 Å². The summed E-state index contributed by atoms with van der Waals surface area (Å²) in [5, 5.41) is 2.78. The van der Waals surface area contributed by atoms with Crippen molar-refractivity contribution >= 4 is 118 Å². The van der Waals surface area contributed by atoms with Crippen molar-refractivity contribution in [1.29, 1.82) is 0 Å². The Balaban J connectivity index is 1.16. The average Bonchev–Trinajstić information content (AvgIpc) is 3.69. The lowest BCUT2D eigenvalue weighted by atomic mass is 10.1. The Morgan fingerprint density at radius 1 is 0.375 bits per heavy atom. The van der Waals surface area contributed by atoms with Crippen molar-refractivity contribution in [3.8, 4) is 0 Å². The molecule has 0 bridgehead atoms. The van der Waals surface area contributed by atoms with Crippen LogP contribution in [0, 0.1) is 13.8 Å². The first-order valence-electron chi connectivity index (χ1n) is 13.3. The summed E-state index contributed by atoms with van der Waals surface area (Å²) in [6.07, 6.45) is 8.86. The topological polar surface area (TPSA) is 0 Å². The summed E-state index contributed by atoms with van der Waals surface area (Å²) in [5.74, 6) is 0. The van der Waals surface area contributed by atoms with Gasteiger partial charge in [-0.15, -0.1) is 45.3 Å². The van der Waals surface area contributed by atoms with Gasteiger partial charge in [0.25, 0.3) is 0 Å². The van der Waals surface area contributed by atoms with Crippen molar-refractivity contribution in [3.05, 3.63) is 118 Å². The molecule has 8 rings (SSSR count). The summed E-state index contributed by atoms with van der Waals surface area (Å²) in [4.78, 5) is 0. The summed E-state index contributed by atoms with van der Waals surface area (Å²) in [6.45, 7) is 4.26. The molecule has 192 valence electrons. The van der Waals surface area contributed by atoms with E-state index in [1.54, 1.807) is 0 Å². The predicted octanol–water partition coefficient (Wildman–Crippen LogP) is 12.7. The smallest absolute Gasteiger partial charge is 0.0651 e. The molecule has 0 aliphatic rings. The predicted molar refractivity (Wildman–Crippen MR) is 186 cm³/mol. The molecule has 0 amide bonds. The summed E-state index contributed by atoms with van der Waals surface area (Å²) in [6, 6.07) is 31.2. The van der Waals surface area contributed by atoms with Crippen molar-refractivity contribution < 1.29 is 0 Å². The zero-order valence-electron chi connectivity index (χ0n) is 22.0. The first-order chi connectivity index (χ1) is 19.6. The van der Waals surface area contributed by atoms with E-state index in [-0.39, 0.29) is 0 Å². The van der Waals surface area contributed by atoms with Crippen LogP contribution in [0.2, 0.25) is 0 Å². The van der Waals surface area contributed by atoms with E-state index in [0.29, 0.717) is 0 Å². The Morgan fingerprint density at radius 2 is 0.725 bits per heavy atom. The zero-order valence-corrected chi connectivity index (χ0v) is 25.3. The first kappa shape index (κ1) is 24.3. The fourth-order valence-electron chi connectivity index (χ4n) is 5.22. The number of hydrogen-bond acceptors (Lipinski definition) is 4. The Kier molecular flexibility index (Phi) is 5.78. The number of rotatable bonds is 4. The van der Waals surface area contributed by atoms with Crippen LogP contribution in [0.1, 0.15) is 33.4 Å². The van der Waals surface area contributed by atoms with E-state index in [4.69, 9.17) is 0 Å². The maximum absolute atomic E-state index is 2.35. The molecule has 8 aromatic rings. The SMILES string of the molecule is Cc1ccc(C=Cc2ccc3c(c2)sc2c3sc3c4sc5cc(C=Cc6ccc(C)cc6)ccc5c4sc23)cc1. The quantitative estimate of drug-likeness (QED) is 0.181. The average molecular weight is 585 g/mol. The highest BCUT2D eigenvalue weighted by molar-refractivity contribution is 7.47. The Hall–Kier alpha value is -3.54. The monoisotopic (exact) mass is 584 g/mol. The van der Waals surface area contributed by atoms with E-state index >= 15 is 0 Å². The lowest BCUT2D eigenvalue weighted by Gasteiger charge is -1.97. The molecule has 0 saturated carbocycles. The second-order valence-electron chi connectivity index (χ2n) is 10.4. The number of fused-ring (bicyclic) bond motifs is 9. The van der Waals surface area contributed by atoms with Crippen LogP contribution in [0.3, 0.4) is 0 Å². The molecular formula is C36H24S4. The fraction of sp³-hybridized carbons (Fsp3) is 0.0556. The maximum atomic E-state index is 2.35. The summed E-state index contributed by atoms with van der Waals surface area (Å²) < 4.78 is 11.5. The molecule has 0 aliphatic heterocycles. The molecule has 0 radical (unpaired) electrons. The van der Waals surface area contributed by atoms with Crippen LogP contribution in [0.5, 0.6) is 0 Å². The summed E-state index contributed by atoms with van der Waals surface area (Å²) >= 11 is 7.86. The first-order valence-corrected chi connectivity index (χ1v) is 16.6. The van der Waals surface area contributed by atoms with E-state index < -0.39 is 0 Å². The van der Waals surface area contributed by atoms with Gasteiger partial charge in [0.05, 0.1) is 28.2 Å². The lowest BCUT2D eigenvalue weighted by Crippen LogP contribution is -1.74. The molecule has 0 N–H and O–H groups in total. The van der Waals surface area contributed by atoms with Gasteiger partial charge in [-0.25, -0.2) is 0 Å². The van der Waals surface area contributed by atoms with Crippen molar-refractivity contribution in [2.24, 2.45) is 0 Å². The van der Waals surface area contributed by atoms with Gasteiger partial charge in [-0.2, -0.15) is 0 Å². The van der Waals surface area contributed by atoms with Gasteiger partial charge in [-0.05, 0) is 48.2 Å². The van der Waals surface area contributed by atoms with Crippen molar-refractivity contribution in [1.82, 2.24) is 0 Å². The molecule has 0 unspecified atom stereocenters. The van der Waals surface area contributed by atoms with Crippen molar-refractivity contribution in [3.63, 3.8) is 0 Å². The number of benzene rings is 4. The Morgan fingerprint density at radius 3 is 1.15 bits per heavy atom. The second kappa shape index (κ2) is 9.53. The summed E-state index contributed by atoms with van der Waals surface area (Å²) in [7, 11) is 0. The third-order valence-electron chi connectivity index (χ3n) is 7.46. The minimum atomic E-state index is 1.24. The minimum absolute atomic E-state index is 1.24. The van der Waals surface area contributed by atoms with Crippen LogP contribution >= 0.6 is 45.3 Å². The fourth-order valence-corrected chi connectivity index (χ4v) is 11.2. The van der Waals surface area contributed by atoms with Gasteiger partial charge in [0.2, 0.25) is 0 Å². The molecule has 0 atom stereocenters. The van der Waals surface area contributed by atoms with Crippen LogP contribution < -0.4 is 0 Å². The molecule has 0 fully saturated rings. The molecule has 4 heterocycles. The molecule has 0 spiro atoms. The maximum Gasteiger partial charge on any atom is 0.0651 e. The van der Waals surface area contributed by atoms with Crippen molar-refractivity contribution in [2.45, 2.75) is 13.8 Å². The highest BCUT2D eigenvalue weighted by atomic mass is 32.1. The standard InChI is InChI=1S/C36H24S4/c1-21-3-7-23(8-4-21)11-13-25-15-17-27-29(19-25)37-33-31(27)39-36-34-32(40-35(33)36)28-18-16-26(20-30(28)38-34)14-12-24-9-5-22(2)6-10-24/h3-20H,1-2H3. The van der Waals surface area contributed by atoms with E-state index in [2.05, 4.69) is 123 Å². The van der Waals surface area contributed by atoms with Gasteiger partial charge in [-0.1, -0.05) is 108 Å². The van der Waals surface area contributed by atoms with Crippen LogP contribution in [0.15, 0.2) is 84.9 Å². The van der Waals surface area contributed by atoms with E-state index in [9.17, 15) is 0 Å². The van der Waals surface area contributed by atoms with Crippen LogP contribution in [-0.2, 0) is 0 Å². The number of aryl methyl sites for hydroxylation is 2. The van der Waals surface area contributed by atoms with E-state index in [1.807, 2.05) is 45.3 Å². The van der Waals surface area contributed by atoms with Gasteiger partial charge in [0, 0.05) is 20.2 Å². The zero-order chi connectivity index (χ0) is 26.8. The van der Waals surface area contributed by atoms with Crippen LogP contribution in [0.25, 0.3) is 72.7 Å². The largest absolute Gasteiger partial charge is 0.133 e. The Labute approximate surface area is 248 Å². The van der Waals surface area contributed by atoms with E-state index in [1.165, 1.54) is 81.8 Å². The second-order valence-corrected chi connectivity index (χ2v) is 14.5. The minimum Gasteiger partial charge on any atom is -0.133 e.